The van der Waals surface area contributed by atoms with E-state index in [4.69, 9.17) is 0 Å². The second kappa shape index (κ2) is 11.5. The first-order valence-electron chi connectivity index (χ1n) is 10.7. The lowest BCUT2D eigenvalue weighted by Crippen LogP contribution is -1.97. The van der Waals surface area contributed by atoms with E-state index < -0.39 is 0 Å². The Hall–Kier alpha value is -2.55. The van der Waals surface area contributed by atoms with Gasteiger partial charge in [-0.15, -0.1) is 0 Å². The Bertz CT molecular complexity index is 847. The Balaban J connectivity index is 2.34. The molecule has 3 heteroatoms. The highest BCUT2D eigenvalue weighted by Gasteiger charge is 2.18. The van der Waals surface area contributed by atoms with Gasteiger partial charge in [-0.1, -0.05) is 43.1 Å². The summed E-state index contributed by atoms with van der Waals surface area (Å²) in [6.07, 6.45) is 14.5. The van der Waals surface area contributed by atoms with Gasteiger partial charge in [0, 0.05) is 23.5 Å². The van der Waals surface area contributed by atoms with Crippen LogP contribution in [0.25, 0.3) is 11.1 Å². The molecule has 29 heavy (non-hydrogen) atoms. The van der Waals surface area contributed by atoms with Crippen molar-refractivity contribution in [3.8, 4) is 22.6 Å². The van der Waals surface area contributed by atoms with Crippen LogP contribution in [0.4, 0.5) is 0 Å². The van der Waals surface area contributed by atoms with Crippen LogP contribution in [0.15, 0.2) is 53.9 Å². The van der Waals surface area contributed by atoms with Crippen LogP contribution in [0.1, 0.15) is 70.9 Å². The molecule has 0 unspecified atom stereocenters. The zero-order valence-electron chi connectivity index (χ0n) is 18.3. The molecular formula is C26H35NO2. The van der Waals surface area contributed by atoms with Crippen LogP contribution in [-0.2, 0) is 12.8 Å². The minimum atomic E-state index is 0.181. The van der Waals surface area contributed by atoms with E-state index in [1.165, 1.54) is 11.1 Å². The van der Waals surface area contributed by atoms with E-state index in [-0.39, 0.29) is 11.5 Å². The maximum Gasteiger partial charge on any atom is 0.130 e. The topological polar surface area (TPSA) is 53.4 Å². The third-order valence-corrected chi connectivity index (χ3v) is 5.23. The summed E-state index contributed by atoms with van der Waals surface area (Å²) in [5.74, 6) is 0.371. The van der Waals surface area contributed by atoms with Crippen molar-refractivity contribution in [3.05, 3.63) is 65.0 Å². The molecule has 0 fully saturated rings. The second-order valence-corrected chi connectivity index (χ2v) is 8.02. The normalized spacial score (nSPS) is 11.5. The molecular weight excluding hydrogens is 358 g/mol. The third kappa shape index (κ3) is 6.77. The molecule has 1 heterocycles. The van der Waals surface area contributed by atoms with Crippen LogP contribution in [0.2, 0.25) is 0 Å². The highest BCUT2D eigenvalue weighted by Crippen LogP contribution is 2.41. The molecule has 0 bridgehead atoms. The van der Waals surface area contributed by atoms with Gasteiger partial charge >= 0.3 is 0 Å². The second-order valence-electron chi connectivity index (χ2n) is 8.02. The van der Waals surface area contributed by atoms with E-state index >= 15 is 0 Å². The number of phenolic OH excluding ortho intramolecular Hbond substituents is 2. The van der Waals surface area contributed by atoms with Gasteiger partial charge in [0.2, 0.25) is 0 Å². The minimum absolute atomic E-state index is 0.181. The van der Waals surface area contributed by atoms with Gasteiger partial charge in [0.15, 0.2) is 0 Å². The summed E-state index contributed by atoms with van der Waals surface area (Å²) in [6.45, 7) is 8.50. The summed E-state index contributed by atoms with van der Waals surface area (Å²) in [6, 6.07) is 5.67. The smallest absolute Gasteiger partial charge is 0.130 e. The van der Waals surface area contributed by atoms with Gasteiger partial charge in [-0.25, -0.2) is 0 Å². The lowest BCUT2D eigenvalue weighted by atomic mass is 9.91. The molecule has 2 N–H and O–H groups in total. The molecule has 0 aliphatic carbocycles. The molecule has 1 aromatic heterocycles. The van der Waals surface area contributed by atoms with Crippen molar-refractivity contribution in [1.29, 1.82) is 0 Å². The van der Waals surface area contributed by atoms with Gasteiger partial charge in [0.05, 0.1) is 0 Å². The Labute approximate surface area is 175 Å². The number of hydrogen-bond acceptors (Lipinski definition) is 3. The Morgan fingerprint density at radius 1 is 1.03 bits per heavy atom. The molecule has 2 rings (SSSR count). The first-order chi connectivity index (χ1) is 13.9. The molecule has 156 valence electrons. The quantitative estimate of drug-likeness (QED) is 0.333. The molecule has 0 amide bonds. The van der Waals surface area contributed by atoms with Crippen molar-refractivity contribution in [2.24, 2.45) is 0 Å². The number of phenols is 2. The third-order valence-electron chi connectivity index (χ3n) is 5.23. The van der Waals surface area contributed by atoms with Crippen LogP contribution in [-0.4, -0.2) is 15.2 Å². The van der Waals surface area contributed by atoms with E-state index in [9.17, 15) is 10.2 Å². The lowest BCUT2D eigenvalue weighted by Gasteiger charge is -2.17. The van der Waals surface area contributed by atoms with Crippen molar-refractivity contribution >= 4 is 0 Å². The van der Waals surface area contributed by atoms with Gasteiger partial charge in [-0.2, -0.15) is 0 Å². The first-order valence-corrected chi connectivity index (χ1v) is 10.7. The van der Waals surface area contributed by atoms with Gasteiger partial charge in [-0.3, -0.25) is 4.98 Å². The van der Waals surface area contributed by atoms with Gasteiger partial charge in [0.1, 0.15) is 11.5 Å². The summed E-state index contributed by atoms with van der Waals surface area (Å²) in [5.41, 5.74) is 5.94. The number of aromatic nitrogens is 1. The van der Waals surface area contributed by atoms with Crippen LogP contribution in [0.3, 0.4) is 0 Å². The molecule has 2 aromatic rings. The standard InChI is InChI=1S/C26H35NO2/c1-5-6-7-11-22-18-24(28)23(13-12-20(4)10-8-9-19(2)3)26(29)25(22)21-14-16-27-17-15-21/h9,12,14-18,28-29H,5-8,10-11,13H2,1-4H3/b20-12+. The summed E-state index contributed by atoms with van der Waals surface area (Å²) in [7, 11) is 0. The van der Waals surface area contributed by atoms with Crippen molar-refractivity contribution in [2.75, 3.05) is 0 Å². The van der Waals surface area contributed by atoms with E-state index in [0.717, 1.165) is 55.2 Å². The maximum absolute atomic E-state index is 11.1. The zero-order chi connectivity index (χ0) is 21.2. The highest BCUT2D eigenvalue weighted by atomic mass is 16.3. The molecule has 0 saturated heterocycles. The number of benzene rings is 1. The summed E-state index contributed by atoms with van der Waals surface area (Å²) < 4.78 is 0. The molecule has 0 radical (unpaired) electrons. The molecule has 0 atom stereocenters. The molecule has 1 aromatic carbocycles. The number of aromatic hydroxyl groups is 2. The molecule has 0 aliphatic heterocycles. The van der Waals surface area contributed by atoms with Gasteiger partial charge in [0.25, 0.3) is 0 Å². The largest absolute Gasteiger partial charge is 0.508 e. The average molecular weight is 394 g/mol. The number of pyridine rings is 1. The Morgan fingerprint density at radius 2 is 1.76 bits per heavy atom. The number of nitrogens with zero attached hydrogens (tertiary/aromatic N) is 1. The maximum atomic E-state index is 11.1. The lowest BCUT2D eigenvalue weighted by molar-refractivity contribution is 0.440. The summed E-state index contributed by atoms with van der Waals surface area (Å²) in [5, 5.41) is 21.8. The van der Waals surface area contributed by atoms with Crippen LogP contribution in [0, 0.1) is 0 Å². The zero-order valence-corrected chi connectivity index (χ0v) is 18.3. The van der Waals surface area contributed by atoms with Crippen molar-refractivity contribution < 1.29 is 10.2 Å². The molecule has 0 saturated carbocycles. The summed E-state index contributed by atoms with van der Waals surface area (Å²) in [4.78, 5) is 4.10. The fourth-order valence-electron chi connectivity index (χ4n) is 3.52. The van der Waals surface area contributed by atoms with Crippen LogP contribution >= 0.6 is 0 Å². The SMILES string of the molecule is CCCCCc1cc(O)c(C/C=C(\C)CCC=C(C)C)c(O)c1-c1ccncc1. The minimum Gasteiger partial charge on any atom is -0.508 e. The van der Waals surface area contributed by atoms with E-state index in [2.05, 4.69) is 44.8 Å². The van der Waals surface area contributed by atoms with Crippen molar-refractivity contribution in [1.82, 2.24) is 4.98 Å². The number of allylic oxidation sites excluding steroid dienone is 4. The predicted octanol–water partition coefficient (Wildman–Crippen LogP) is 7.13. The van der Waals surface area contributed by atoms with E-state index in [1.807, 2.05) is 18.2 Å². The van der Waals surface area contributed by atoms with E-state index in [0.29, 0.717) is 12.0 Å². The number of aryl methyl sites for hydroxylation is 1. The fourth-order valence-corrected chi connectivity index (χ4v) is 3.52. The Morgan fingerprint density at radius 3 is 2.41 bits per heavy atom. The van der Waals surface area contributed by atoms with Crippen LogP contribution in [0.5, 0.6) is 11.5 Å². The molecule has 0 spiro atoms. The summed E-state index contributed by atoms with van der Waals surface area (Å²) >= 11 is 0. The molecule has 3 nitrogen and oxygen atoms in total. The first kappa shape index (κ1) is 22.7. The Kier molecular flexibility index (Phi) is 8.98. The average Bonchev–Trinajstić information content (AvgIpc) is 2.68. The monoisotopic (exact) mass is 393 g/mol. The van der Waals surface area contributed by atoms with Gasteiger partial charge < -0.3 is 10.2 Å². The number of rotatable bonds is 10. The van der Waals surface area contributed by atoms with Gasteiger partial charge in [-0.05, 0) is 82.2 Å². The van der Waals surface area contributed by atoms with Crippen molar-refractivity contribution in [2.45, 2.75) is 72.6 Å². The predicted molar refractivity (Wildman–Crippen MR) is 122 cm³/mol. The number of unbranched alkanes of at least 4 members (excludes halogenated alkanes) is 2. The van der Waals surface area contributed by atoms with E-state index in [1.54, 1.807) is 12.4 Å². The number of hydrogen-bond donors (Lipinski definition) is 2. The highest BCUT2D eigenvalue weighted by molar-refractivity contribution is 5.77. The van der Waals surface area contributed by atoms with Crippen molar-refractivity contribution in [3.63, 3.8) is 0 Å². The fraction of sp³-hybridized carbons (Fsp3) is 0.423. The van der Waals surface area contributed by atoms with Crippen LogP contribution < -0.4 is 0 Å². The molecule has 0 aliphatic rings.